The molecule has 2 heterocycles. The summed E-state index contributed by atoms with van der Waals surface area (Å²) in [5, 5.41) is 3.83. The monoisotopic (exact) mass is 378 g/mol. The van der Waals surface area contributed by atoms with Crippen molar-refractivity contribution in [2.75, 3.05) is 33.3 Å². The van der Waals surface area contributed by atoms with Crippen LogP contribution in [0.4, 0.5) is 8.78 Å². The second-order valence-electron chi connectivity index (χ2n) is 6.68. The number of rotatable bonds is 6. The first-order valence-corrected chi connectivity index (χ1v) is 8.92. The zero-order chi connectivity index (χ0) is 19.4. The Labute approximate surface area is 157 Å². The predicted molar refractivity (Wildman–Crippen MR) is 96.8 cm³/mol. The van der Waals surface area contributed by atoms with Crippen LogP contribution in [0.1, 0.15) is 23.4 Å². The summed E-state index contributed by atoms with van der Waals surface area (Å²) in [6, 6.07) is 9.27. The van der Waals surface area contributed by atoms with Gasteiger partial charge in [-0.1, -0.05) is 12.1 Å². The predicted octanol–water partition coefficient (Wildman–Crippen LogP) is 2.48. The SMILES string of the molecule is COc1cccc(CN2CCN(C(=O)Cn3nc(C(F)F)cc3C)CC2)c1. The van der Waals surface area contributed by atoms with Gasteiger partial charge < -0.3 is 9.64 Å². The van der Waals surface area contributed by atoms with Gasteiger partial charge in [0.25, 0.3) is 6.43 Å². The molecule has 1 fully saturated rings. The van der Waals surface area contributed by atoms with Gasteiger partial charge in [-0.2, -0.15) is 5.10 Å². The Hall–Kier alpha value is -2.48. The highest BCUT2D eigenvalue weighted by Gasteiger charge is 2.23. The van der Waals surface area contributed by atoms with E-state index in [0.29, 0.717) is 18.8 Å². The molecular weight excluding hydrogens is 354 g/mol. The molecule has 0 bridgehead atoms. The van der Waals surface area contributed by atoms with Gasteiger partial charge >= 0.3 is 0 Å². The number of alkyl halides is 2. The van der Waals surface area contributed by atoms with Gasteiger partial charge in [-0.05, 0) is 30.7 Å². The van der Waals surface area contributed by atoms with E-state index in [2.05, 4.69) is 16.1 Å². The van der Waals surface area contributed by atoms with Crippen LogP contribution < -0.4 is 4.74 Å². The Kier molecular flexibility index (Phi) is 6.05. The number of ether oxygens (including phenoxy) is 1. The van der Waals surface area contributed by atoms with Crippen molar-refractivity contribution in [2.45, 2.75) is 26.4 Å². The van der Waals surface area contributed by atoms with Crippen LogP contribution in [-0.4, -0.2) is 58.8 Å². The van der Waals surface area contributed by atoms with Crippen LogP contribution in [-0.2, 0) is 17.9 Å². The summed E-state index contributed by atoms with van der Waals surface area (Å²) in [6.07, 6.45) is -2.62. The highest BCUT2D eigenvalue weighted by molar-refractivity contribution is 5.76. The Morgan fingerprint density at radius 1 is 1.22 bits per heavy atom. The van der Waals surface area contributed by atoms with Crippen LogP contribution in [0.15, 0.2) is 30.3 Å². The maximum Gasteiger partial charge on any atom is 0.282 e. The standard InChI is InChI=1S/C19H24F2N4O2/c1-14-10-17(19(20)21)22-25(14)13-18(26)24-8-6-23(7-9-24)12-15-4-3-5-16(11-15)27-2/h3-5,10-11,19H,6-9,12-13H2,1-2H3. The van der Waals surface area contributed by atoms with Crippen LogP contribution in [0.5, 0.6) is 5.75 Å². The van der Waals surface area contributed by atoms with E-state index in [1.54, 1.807) is 18.9 Å². The molecule has 1 aromatic heterocycles. The molecule has 1 saturated heterocycles. The second kappa shape index (κ2) is 8.47. The van der Waals surface area contributed by atoms with Gasteiger partial charge in [0.05, 0.1) is 7.11 Å². The molecule has 0 unspecified atom stereocenters. The van der Waals surface area contributed by atoms with E-state index in [-0.39, 0.29) is 18.1 Å². The number of hydrogen-bond donors (Lipinski definition) is 0. The molecule has 146 valence electrons. The highest BCUT2D eigenvalue weighted by atomic mass is 19.3. The van der Waals surface area contributed by atoms with Gasteiger partial charge in [-0.3, -0.25) is 14.4 Å². The van der Waals surface area contributed by atoms with E-state index in [1.807, 2.05) is 18.2 Å². The van der Waals surface area contributed by atoms with Gasteiger partial charge in [-0.25, -0.2) is 8.78 Å². The topological polar surface area (TPSA) is 50.6 Å². The zero-order valence-electron chi connectivity index (χ0n) is 15.6. The Balaban J connectivity index is 1.52. The third kappa shape index (κ3) is 4.82. The summed E-state index contributed by atoms with van der Waals surface area (Å²) < 4.78 is 32.1. The van der Waals surface area contributed by atoms with Crippen molar-refractivity contribution < 1.29 is 18.3 Å². The molecule has 2 aromatic rings. The van der Waals surface area contributed by atoms with E-state index in [4.69, 9.17) is 4.74 Å². The highest BCUT2D eigenvalue weighted by Crippen LogP contribution is 2.18. The minimum Gasteiger partial charge on any atom is -0.497 e. The molecular formula is C19H24F2N4O2. The van der Waals surface area contributed by atoms with E-state index < -0.39 is 6.43 Å². The average Bonchev–Trinajstić information content (AvgIpc) is 3.03. The van der Waals surface area contributed by atoms with E-state index in [0.717, 1.165) is 25.4 Å². The van der Waals surface area contributed by atoms with Crippen molar-refractivity contribution in [1.29, 1.82) is 0 Å². The van der Waals surface area contributed by atoms with Gasteiger partial charge in [0.1, 0.15) is 18.0 Å². The lowest BCUT2D eigenvalue weighted by Crippen LogP contribution is -2.49. The minimum atomic E-state index is -2.62. The fourth-order valence-corrected chi connectivity index (χ4v) is 3.21. The van der Waals surface area contributed by atoms with E-state index in [9.17, 15) is 13.6 Å². The number of benzene rings is 1. The molecule has 1 aromatic carbocycles. The van der Waals surface area contributed by atoms with E-state index in [1.165, 1.54) is 16.3 Å². The summed E-state index contributed by atoms with van der Waals surface area (Å²) in [5.74, 6) is 0.738. The fourth-order valence-electron chi connectivity index (χ4n) is 3.21. The number of halogens is 2. The molecule has 0 aliphatic carbocycles. The van der Waals surface area contributed by atoms with Crippen LogP contribution >= 0.6 is 0 Å². The van der Waals surface area contributed by atoms with Gasteiger partial charge in [0.2, 0.25) is 5.91 Å². The molecule has 0 saturated carbocycles. The summed E-state index contributed by atoms with van der Waals surface area (Å²) in [4.78, 5) is 16.5. The van der Waals surface area contributed by atoms with Crippen molar-refractivity contribution in [1.82, 2.24) is 19.6 Å². The van der Waals surface area contributed by atoms with Gasteiger partial charge in [-0.15, -0.1) is 0 Å². The summed E-state index contributed by atoms with van der Waals surface area (Å²) in [7, 11) is 1.65. The summed E-state index contributed by atoms with van der Waals surface area (Å²) >= 11 is 0. The third-order valence-electron chi connectivity index (χ3n) is 4.77. The summed E-state index contributed by atoms with van der Waals surface area (Å²) in [6.45, 7) is 5.24. The first kappa shape index (κ1) is 19.3. The number of hydrogen-bond acceptors (Lipinski definition) is 4. The normalized spacial score (nSPS) is 15.4. The van der Waals surface area contributed by atoms with Crippen molar-refractivity contribution in [3.63, 3.8) is 0 Å². The molecule has 0 atom stereocenters. The largest absolute Gasteiger partial charge is 0.497 e. The third-order valence-corrected chi connectivity index (χ3v) is 4.77. The van der Waals surface area contributed by atoms with Crippen LogP contribution in [0.3, 0.4) is 0 Å². The first-order chi connectivity index (χ1) is 13.0. The zero-order valence-corrected chi connectivity index (χ0v) is 15.6. The number of piperazine rings is 1. The van der Waals surface area contributed by atoms with Crippen LogP contribution in [0, 0.1) is 6.92 Å². The smallest absolute Gasteiger partial charge is 0.282 e. The molecule has 3 rings (SSSR count). The maximum absolute atomic E-state index is 12.7. The number of carbonyl (C=O) groups is 1. The van der Waals surface area contributed by atoms with Crippen molar-refractivity contribution in [3.8, 4) is 5.75 Å². The number of aromatic nitrogens is 2. The Bertz CT molecular complexity index is 786. The summed E-state index contributed by atoms with van der Waals surface area (Å²) in [5.41, 5.74) is 1.44. The lowest BCUT2D eigenvalue weighted by Gasteiger charge is -2.34. The average molecular weight is 378 g/mol. The molecule has 0 spiro atoms. The fraction of sp³-hybridized carbons (Fsp3) is 0.474. The van der Waals surface area contributed by atoms with Crippen molar-refractivity contribution in [3.05, 3.63) is 47.3 Å². The Morgan fingerprint density at radius 3 is 2.59 bits per heavy atom. The molecule has 1 amide bonds. The van der Waals surface area contributed by atoms with Gasteiger partial charge in [0.15, 0.2) is 0 Å². The van der Waals surface area contributed by atoms with Crippen LogP contribution in [0.2, 0.25) is 0 Å². The molecule has 1 aliphatic rings. The van der Waals surface area contributed by atoms with Crippen molar-refractivity contribution in [2.24, 2.45) is 0 Å². The van der Waals surface area contributed by atoms with Gasteiger partial charge in [0, 0.05) is 38.4 Å². The number of nitrogens with zero attached hydrogens (tertiary/aromatic N) is 4. The first-order valence-electron chi connectivity index (χ1n) is 8.92. The molecule has 0 N–H and O–H groups in total. The number of amides is 1. The quantitative estimate of drug-likeness (QED) is 0.775. The lowest BCUT2D eigenvalue weighted by atomic mass is 10.2. The number of carbonyl (C=O) groups excluding carboxylic acids is 1. The minimum absolute atomic E-state index is 0.00552. The Morgan fingerprint density at radius 2 is 1.96 bits per heavy atom. The second-order valence-corrected chi connectivity index (χ2v) is 6.68. The van der Waals surface area contributed by atoms with E-state index >= 15 is 0 Å². The molecule has 27 heavy (non-hydrogen) atoms. The molecule has 1 aliphatic heterocycles. The molecule has 8 heteroatoms. The van der Waals surface area contributed by atoms with Crippen molar-refractivity contribution >= 4 is 5.91 Å². The number of methoxy groups -OCH3 is 1. The number of aryl methyl sites for hydroxylation is 1. The lowest BCUT2D eigenvalue weighted by molar-refractivity contribution is -0.133. The van der Waals surface area contributed by atoms with Crippen LogP contribution in [0.25, 0.3) is 0 Å². The molecule has 0 radical (unpaired) electrons. The molecule has 6 nitrogen and oxygen atoms in total. The maximum atomic E-state index is 12.7.